The highest BCUT2D eigenvalue weighted by atomic mass is 79.9. The number of nitrogens with zero attached hydrogens (tertiary/aromatic N) is 1. The minimum Gasteiger partial charge on any atom is -0.294 e. The number of rotatable bonds is 5. The molecule has 2 rings (SSSR count). The van der Waals surface area contributed by atoms with Crippen molar-refractivity contribution in [1.29, 1.82) is 0 Å². The van der Waals surface area contributed by atoms with Gasteiger partial charge in [0.05, 0.1) is 6.04 Å². The van der Waals surface area contributed by atoms with E-state index in [1.807, 2.05) is 61.5 Å². The molecule has 2 nitrogen and oxygen atoms in total. The molecule has 20 heavy (non-hydrogen) atoms. The third kappa shape index (κ3) is 4.14. The van der Waals surface area contributed by atoms with Crippen LogP contribution >= 0.6 is 15.9 Å². The molecule has 0 spiro atoms. The monoisotopic (exact) mass is 329 g/mol. The van der Waals surface area contributed by atoms with Crippen molar-refractivity contribution in [2.45, 2.75) is 19.4 Å². The van der Waals surface area contributed by atoms with Crippen LogP contribution in [0.15, 0.2) is 64.1 Å². The van der Waals surface area contributed by atoms with E-state index in [0.717, 1.165) is 10.0 Å². The van der Waals surface area contributed by atoms with Crippen molar-refractivity contribution in [3.63, 3.8) is 0 Å². The Labute approximate surface area is 127 Å². The summed E-state index contributed by atoms with van der Waals surface area (Å²) in [5.41, 5.74) is 1.87. The zero-order valence-corrected chi connectivity index (χ0v) is 12.9. The predicted molar refractivity (Wildman–Crippen MR) is 86.4 cm³/mol. The first-order valence-corrected chi connectivity index (χ1v) is 7.31. The van der Waals surface area contributed by atoms with Gasteiger partial charge in [-0.2, -0.15) is 0 Å². The van der Waals surface area contributed by atoms with E-state index in [1.165, 1.54) is 0 Å². The van der Waals surface area contributed by atoms with Crippen LogP contribution in [-0.2, 0) is 0 Å². The molecule has 0 N–H and O–H groups in total. The van der Waals surface area contributed by atoms with Crippen LogP contribution in [0.2, 0.25) is 0 Å². The van der Waals surface area contributed by atoms with Crippen molar-refractivity contribution in [1.82, 2.24) is 0 Å². The van der Waals surface area contributed by atoms with Gasteiger partial charge in [-0.3, -0.25) is 9.79 Å². The molecule has 0 saturated heterocycles. The molecule has 0 fully saturated rings. The van der Waals surface area contributed by atoms with Gasteiger partial charge in [-0.15, -0.1) is 0 Å². The maximum absolute atomic E-state index is 12.0. The topological polar surface area (TPSA) is 29.4 Å². The van der Waals surface area contributed by atoms with E-state index in [9.17, 15) is 4.79 Å². The first kappa shape index (κ1) is 14.7. The highest BCUT2D eigenvalue weighted by Crippen LogP contribution is 2.15. The van der Waals surface area contributed by atoms with E-state index in [-0.39, 0.29) is 11.8 Å². The number of benzene rings is 2. The van der Waals surface area contributed by atoms with E-state index in [0.29, 0.717) is 12.0 Å². The van der Waals surface area contributed by atoms with Gasteiger partial charge in [0, 0.05) is 22.7 Å². The minimum absolute atomic E-state index is 0.0777. The summed E-state index contributed by atoms with van der Waals surface area (Å²) in [6.07, 6.45) is 2.04. The van der Waals surface area contributed by atoms with Gasteiger partial charge in [0.15, 0.2) is 5.78 Å². The Bertz CT molecular complexity index is 590. The highest BCUT2D eigenvalue weighted by Gasteiger charge is 2.05. The molecule has 3 heteroatoms. The summed E-state index contributed by atoms with van der Waals surface area (Å²) in [5, 5.41) is 0. The average Bonchev–Trinajstić information content (AvgIpc) is 2.48. The van der Waals surface area contributed by atoms with Crippen LogP contribution in [0.4, 0.5) is 0 Å². The molecule has 0 radical (unpaired) electrons. The largest absolute Gasteiger partial charge is 0.294 e. The standard InChI is InChI=1S/C17H16BrNO/c1-13(14-5-3-2-4-6-14)19-12-11-17(20)15-7-9-16(18)10-8-15/h2-10,12-13H,11H2,1H3/t13-/m0/s1. The molecule has 0 aliphatic heterocycles. The third-order valence-corrected chi connectivity index (χ3v) is 3.58. The number of ketones is 1. The van der Waals surface area contributed by atoms with E-state index < -0.39 is 0 Å². The molecule has 0 amide bonds. The van der Waals surface area contributed by atoms with Crippen LogP contribution in [0.25, 0.3) is 0 Å². The summed E-state index contributed by atoms with van der Waals surface area (Å²) in [4.78, 5) is 16.4. The molecule has 2 aromatic rings. The van der Waals surface area contributed by atoms with Gasteiger partial charge >= 0.3 is 0 Å². The van der Waals surface area contributed by atoms with Crippen LogP contribution in [0.5, 0.6) is 0 Å². The zero-order chi connectivity index (χ0) is 14.4. The van der Waals surface area contributed by atoms with Crippen molar-refractivity contribution in [3.05, 3.63) is 70.2 Å². The zero-order valence-electron chi connectivity index (χ0n) is 11.3. The second-order valence-electron chi connectivity index (χ2n) is 4.55. The fourth-order valence-electron chi connectivity index (χ4n) is 1.86. The SMILES string of the molecule is C[C@H](N=CCC(=O)c1ccc(Br)cc1)c1ccccc1. The first-order valence-electron chi connectivity index (χ1n) is 6.52. The quantitative estimate of drug-likeness (QED) is 0.569. The van der Waals surface area contributed by atoms with Crippen LogP contribution in [0.3, 0.4) is 0 Å². The summed E-state index contributed by atoms with van der Waals surface area (Å²) in [6.45, 7) is 2.02. The Morgan fingerprint density at radius 1 is 1.15 bits per heavy atom. The smallest absolute Gasteiger partial charge is 0.168 e. The minimum atomic E-state index is 0.0777. The molecule has 0 aliphatic carbocycles. The lowest BCUT2D eigenvalue weighted by molar-refractivity contribution is 0.100. The second-order valence-corrected chi connectivity index (χ2v) is 5.47. The van der Waals surface area contributed by atoms with E-state index >= 15 is 0 Å². The molecule has 0 aromatic heterocycles. The van der Waals surface area contributed by atoms with Crippen molar-refractivity contribution >= 4 is 27.9 Å². The molecule has 102 valence electrons. The summed E-state index contributed by atoms with van der Waals surface area (Å²) in [5.74, 6) is 0.0847. The van der Waals surface area contributed by atoms with Crippen molar-refractivity contribution < 1.29 is 4.79 Å². The third-order valence-electron chi connectivity index (χ3n) is 3.05. The van der Waals surface area contributed by atoms with Crippen molar-refractivity contribution in [2.75, 3.05) is 0 Å². The van der Waals surface area contributed by atoms with Gasteiger partial charge in [-0.25, -0.2) is 0 Å². The van der Waals surface area contributed by atoms with E-state index in [4.69, 9.17) is 0 Å². The average molecular weight is 330 g/mol. The lowest BCUT2D eigenvalue weighted by Crippen LogP contribution is -2.00. The Morgan fingerprint density at radius 3 is 2.45 bits per heavy atom. The molecular formula is C17H16BrNO. The predicted octanol–water partition coefficient (Wildman–Crippen LogP) is 4.85. The molecule has 1 atom stereocenters. The normalized spacial score (nSPS) is 12.5. The Hall–Kier alpha value is -1.74. The number of hydrogen-bond donors (Lipinski definition) is 0. The van der Waals surface area contributed by atoms with Crippen LogP contribution < -0.4 is 0 Å². The molecule has 0 heterocycles. The van der Waals surface area contributed by atoms with Crippen LogP contribution in [0.1, 0.15) is 35.3 Å². The first-order chi connectivity index (χ1) is 9.66. The van der Waals surface area contributed by atoms with Crippen molar-refractivity contribution in [3.8, 4) is 0 Å². The van der Waals surface area contributed by atoms with Gasteiger partial charge in [0.1, 0.15) is 0 Å². The summed E-state index contributed by atoms with van der Waals surface area (Å²) in [6, 6.07) is 17.5. The molecule has 0 aliphatic rings. The Kier molecular flexibility index (Phi) is 5.24. The number of aliphatic imine (C=N–C) groups is 1. The summed E-state index contributed by atoms with van der Waals surface area (Å²) in [7, 11) is 0. The van der Waals surface area contributed by atoms with Crippen LogP contribution in [-0.4, -0.2) is 12.0 Å². The number of carbonyl (C=O) groups excluding carboxylic acids is 1. The second kappa shape index (κ2) is 7.15. The lowest BCUT2D eigenvalue weighted by atomic mass is 10.1. The highest BCUT2D eigenvalue weighted by molar-refractivity contribution is 9.10. The lowest BCUT2D eigenvalue weighted by Gasteiger charge is -2.05. The molecule has 0 saturated carbocycles. The van der Waals surface area contributed by atoms with Gasteiger partial charge < -0.3 is 0 Å². The van der Waals surface area contributed by atoms with E-state index in [2.05, 4.69) is 20.9 Å². The molecule has 0 bridgehead atoms. The number of hydrogen-bond acceptors (Lipinski definition) is 2. The summed E-state index contributed by atoms with van der Waals surface area (Å²) >= 11 is 3.35. The number of carbonyl (C=O) groups is 1. The Morgan fingerprint density at radius 2 is 1.80 bits per heavy atom. The summed E-state index contributed by atoms with van der Waals surface area (Å²) < 4.78 is 0.973. The fourth-order valence-corrected chi connectivity index (χ4v) is 2.13. The van der Waals surface area contributed by atoms with Gasteiger partial charge in [-0.05, 0) is 24.6 Å². The molecule has 0 unspecified atom stereocenters. The number of Topliss-reactive ketones (excluding diaryl/α,β-unsaturated/α-hetero) is 1. The maximum atomic E-state index is 12.0. The molecule has 2 aromatic carbocycles. The fraction of sp³-hybridized carbons (Fsp3) is 0.176. The maximum Gasteiger partial charge on any atom is 0.168 e. The molecular weight excluding hydrogens is 314 g/mol. The van der Waals surface area contributed by atoms with Gasteiger partial charge in [0.25, 0.3) is 0 Å². The van der Waals surface area contributed by atoms with Gasteiger partial charge in [-0.1, -0.05) is 58.4 Å². The number of halogens is 1. The van der Waals surface area contributed by atoms with E-state index in [1.54, 1.807) is 6.21 Å². The van der Waals surface area contributed by atoms with Gasteiger partial charge in [0.2, 0.25) is 0 Å². The van der Waals surface area contributed by atoms with Crippen molar-refractivity contribution in [2.24, 2.45) is 4.99 Å². The Balaban J connectivity index is 1.93. The van der Waals surface area contributed by atoms with Crippen LogP contribution in [0, 0.1) is 0 Å².